The SMILES string of the molecule is C1CC2(CCO1)CNC2.C[Si](C)(C)CCOCn1nc(S(=O)(=O)Cl)nc1Nc1c2c(cc3c1CCC3)CCC2.O=S(=O)(c1nc(Nc2c3c(cc4c2CCC4)CCC3)n[nH]1)N1CC2(CCOCC2)C1. The molecular weight excluding hydrogens is 956 g/mol. The summed E-state index contributed by atoms with van der Waals surface area (Å²) in [5.41, 5.74) is 13.9. The molecular formula is C48H69ClN10O7S2Si. The fraction of sp³-hybridized carbons (Fsp3) is 0.667. The van der Waals surface area contributed by atoms with Gasteiger partial charge in [0.15, 0.2) is 0 Å². The largest absolute Gasteiger partial charge is 0.381 e. The third-order valence-corrected chi connectivity index (χ3v) is 20.0. The predicted octanol–water partition coefficient (Wildman–Crippen LogP) is 6.95. The quantitative estimate of drug-likeness (QED) is 0.0644. The lowest BCUT2D eigenvalue weighted by Gasteiger charge is -2.50. The molecule has 2 aromatic heterocycles. The van der Waals surface area contributed by atoms with E-state index in [-0.39, 0.29) is 17.3 Å². The Morgan fingerprint density at radius 2 is 1.23 bits per heavy atom. The molecule has 4 aliphatic carbocycles. The smallest absolute Gasteiger partial charge is 0.298 e. The molecule has 12 rings (SSSR count). The Hall–Kier alpha value is -3.47. The molecule has 4 aliphatic heterocycles. The standard InChI is InChI=1S/C21H27N5O3S.C20H29ClN4O3SSi.C7H13NO/c27-30(28,26-12-21(13-26)7-9-29-10-8-21)20-23-19(24-25-20)22-18-16-5-1-3-14(16)11-15-4-2-6-17(15)18;1-30(2,3)11-10-28-13-25-19(23-20(24-25)29(21,26)27)22-18-16-8-4-6-14(16)12-15-7-5-9-17(15)18;1-3-9-4-2-7(1)5-8-6-7/h11H,1-10,12-13H2,(H2,22,23,24,25);12H,4-11,13H2,1-3H3,(H,22,23,24);8H,1-6H2. The van der Waals surface area contributed by atoms with Crippen molar-refractivity contribution in [3.63, 3.8) is 0 Å². The summed E-state index contributed by atoms with van der Waals surface area (Å²) in [6.07, 6.45) is 17.6. The van der Waals surface area contributed by atoms with Crippen LogP contribution in [0.3, 0.4) is 0 Å². The molecule has 0 atom stereocenters. The monoisotopic (exact) mass is 1020 g/mol. The van der Waals surface area contributed by atoms with Crippen molar-refractivity contribution in [1.82, 2.24) is 39.6 Å². The molecule has 4 aromatic rings. The van der Waals surface area contributed by atoms with Crippen LogP contribution in [0.5, 0.6) is 0 Å². The molecule has 4 N–H and O–H groups in total. The number of anilines is 4. The van der Waals surface area contributed by atoms with E-state index in [1.807, 2.05) is 0 Å². The minimum Gasteiger partial charge on any atom is -0.381 e. The highest BCUT2D eigenvalue weighted by molar-refractivity contribution is 8.13. The summed E-state index contributed by atoms with van der Waals surface area (Å²) in [6.45, 7) is 14.6. The number of fused-ring (bicyclic) bond motifs is 4. The predicted molar refractivity (Wildman–Crippen MR) is 268 cm³/mol. The Kier molecular flexibility index (Phi) is 14.1. The third-order valence-electron chi connectivity index (χ3n) is 15.7. The van der Waals surface area contributed by atoms with E-state index in [0.29, 0.717) is 37.0 Å². The summed E-state index contributed by atoms with van der Waals surface area (Å²) in [5, 5.41) is 20.6. The molecule has 0 amide bonds. The average molecular weight is 1030 g/mol. The molecule has 0 radical (unpaired) electrons. The molecule has 17 nitrogen and oxygen atoms in total. The van der Waals surface area contributed by atoms with Gasteiger partial charge in [0.1, 0.15) is 6.73 Å². The van der Waals surface area contributed by atoms with E-state index in [1.54, 1.807) is 0 Å². The zero-order chi connectivity index (χ0) is 48.0. The summed E-state index contributed by atoms with van der Waals surface area (Å²) < 4.78 is 69.2. The lowest BCUT2D eigenvalue weighted by molar-refractivity contribution is -0.0478. The van der Waals surface area contributed by atoms with Gasteiger partial charge in [0, 0.05) is 94.8 Å². The van der Waals surface area contributed by atoms with Crippen LogP contribution in [0.2, 0.25) is 25.7 Å². The molecule has 69 heavy (non-hydrogen) atoms. The first-order valence-corrected chi connectivity index (χ1v) is 32.7. The van der Waals surface area contributed by atoms with Crippen molar-refractivity contribution in [3.8, 4) is 0 Å². The highest BCUT2D eigenvalue weighted by Gasteiger charge is 2.50. The van der Waals surface area contributed by atoms with Crippen molar-refractivity contribution in [2.75, 3.05) is 69.8 Å². The van der Waals surface area contributed by atoms with Crippen LogP contribution in [-0.2, 0) is 91.4 Å². The number of nitrogens with one attached hydrogen (secondary N) is 4. The second-order valence-electron chi connectivity index (χ2n) is 21.8. The first-order chi connectivity index (χ1) is 33.1. The van der Waals surface area contributed by atoms with E-state index >= 15 is 0 Å². The van der Waals surface area contributed by atoms with Gasteiger partial charge in [-0.1, -0.05) is 31.8 Å². The molecule has 8 aliphatic rings. The van der Waals surface area contributed by atoms with Crippen LogP contribution in [0.15, 0.2) is 22.4 Å². The van der Waals surface area contributed by atoms with Gasteiger partial charge < -0.3 is 30.2 Å². The molecule has 6 heterocycles. The van der Waals surface area contributed by atoms with E-state index in [1.165, 1.54) is 92.3 Å². The van der Waals surface area contributed by atoms with Gasteiger partial charge in [-0.05, 0) is 159 Å². The average Bonchev–Trinajstić information content (AvgIpc) is 4.16. The van der Waals surface area contributed by atoms with E-state index in [0.717, 1.165) is 121 Å². The third kappa shape index (κ3) is 10.7. The number of halogens is 1. The summed E-state index contributed by atoms with van der Waals surface area (Å²) in [5.74, 6) is 0.695. The highest BCUT2D eigenvalue weighted by atomic mass is 35.7. The van der Waals surface area contributed by atoms with Gasteiger partial charge in [0.25, 0.3) is 29.4 Å². The molecule has 0 bridgehead atoms. The van der Waals surface area contributed by atoms with Crippen molar-refractivity contribution >= 4 is 61.1 Å². The number of nitrogens with zero attached hydrogens (tertiary/aromatic N) is 6. The fourth-order valence-corrected chi connectivity index (χ4v) is 14.3. The maximum Gasteiger partial charge on any atom is 0.298 e. The molecule has 21 heteroatoms. The molecule has 4 fully saturated rings. The second kappa shape index (κ2) is 19.9. The van der Waals surface area contributed by atoms with Gasteiger partial charge in [-0.3, -0.25) is 0 Å². The van der Waals surface area contributed by atoms with E-state index < -0.39 is 32.3 Å². The first-order valence-electron chi connectivity index (χ1n) is 25.2. The van der Waals surface area contributed by atoms with Crippen LogP contribution in [0.1, 0.15) is 95.9 Å². The summed E-state index contributed by atoms with van der Waals surface area (Å²) in [6, 6.07) is 5.75. The number of aromatic amines is 1. The molecule has 0 saturated carbocycles. The number of ether oxygens (including phenoxy) is 3. The number of sulfonamides is 1. The van der Waals surface area contributed by atoms with Crippen molar-refractivity contribution in [2.45, 2.75) is 145 Å². The maximum absolute atomic E-state index is 13.0. The van der Waals surface area contributed by atoms with Gasteiger partial charge in [-0.2, -0.15) is 14.3 Å². The number of aromatic nitrogens is 6. The Bertz CT molecular complexity index is 2690. The summed E-state index contributed by atoms with van der Waals surface area (Å²) >= 11 is 0. The van der Waals surface area contributed by atoms with Gasteiger partial charge in [0.05, 0.1) is 0 Å². The van der Waals surface area contributed by atoms with Gasteiger partial charge in [0.2, 0.25) is 11.9 Å². The molecule has 2 spiro atoms. The van der Waals surface area contributed by atoms with Gasteiger partial charge in [-0.25, -0.2) is 26.6 Å². The molecule has 376 valence electrons. The lowest BCUT2D eigenvalue weighted by atomic mass is 9.75. The number of hydrogen-bond acceptors (Lipinski definition) is 14. The lowest BCUT2D eigenvalue weighted by Crippen LogP contribution is -2.60. The zero-order valence-corrected chi connectivity index (χ0v) is 43.9. The van der Waals surface area contributed by atoms with Crippen LogP contribution >= 0.6 is 10.7 Å². The molecule has 4 saturated heterocycles. The zero-order valence-electron chi connectivity index (χ0n) is 40.5. The first kappa shape index (κ1) is 49.1. The van der Waals surface area contributed by atoms with Crippen molar-refractivity contribution in [1.29, 1.82) is 0 Å². The van der Waals surface area contributed by atoms with Crippen LogP contribution in [0, 0.1) is 10.8 Å². The normalized spacial score (nSPS) is 21.0. The van der Waals surface area contributed by atoms with E-state index in [2.05, 4.69) is 73.0 Å². The Labute approximate surface area is 412 Å². The van der Waals surface area contributed by atoms with Gasteiger partial charge >= 0.3 is 0 Å². The number of aryl methyl sites for hydroxylation is 4. The van der Waals surface area contributed by atoms with Crippen LogP contribution in [-0.4, -0.2) is 118 Å². The topological polar surface area (TPSA) is 208 Å². The highest BCUT2D eigenvalue weighted by Crippen LogP contribution is 2.44. The van der Waals surface area contributed by atoms with Crippen molar-refractivity contribution in [3.05, 3.63) is 56.6 Å². The number of rotatable bonds is 12. The Morgan fingerprint density at radius 1 is 0.725 bits per heavy atom. The summed E-state index contributed by atoms with van der Waals surface area (Å²) in [4.78, 5) is 8.54. The minimum absolute atomic E-state index is 0.0730. The molecule has 0 unspecified atom stereocenters. The van der Waals surface area contributed by atoms with Gasteiger partial charge in [-0.15, -0.1) is 10.2 Å². The Balaban J connectivity index is 0.000000135. The van der Waals surface area contributed by atoms with Crippen molar-refractivity contribution in [2.24, 2.45) is 10.8 Å². The fourth-order valence-electron chi connectivity index (χ4n) is 11.5. The number of hydrogen-bond donors (Lipinski definition) is 4. The molecule has 2 aromatic carbocycles. The van der Waals surface area contributed by atoms with Crippen LogP contribution in [0.4, 0.5) is 23.3 Å². The van der Waals surface area contributed by atoms with Crippen LogP contribution < -0.4 is 16.0 Å². The van der Waals surface area contributed by atoms with E-state index in [9.17, 15) is 16.8 Å². The van der Waals surface area contributed by atoms with E-state index in [4.69, 9.17) is 24.9 Å². The summed E-state index contributed by atoms with van der Waals surface area (Å²) in [7, 11) is -3.38. The second-order valence-corrected chi connectivity index (χ2v) is 31.7. The maximum atomic E-state index is 13.0. The van der Waals surface area contributed by atoms with Crippen LogP contribution in [0.25, 0.3) is 0 Å². The number of H-pyrrole nitrogens is 1. The Morgan fingerprint density at radius 3 is 1.70 bits per heavy atom. The number of benzene rings is 2. The minimum atomic E-state index is -4.03. The van der Waals surface area contributed by atoms with Crippen molar-refractivity contribution < 1.29 is 31.0 Å².